The second kappa shape index (κ2) is 4.40. The van der Waals surface area contributed by atoms with E-state index in [1.54, 1.807) is 0 Å². The lowest BCUT2D eigenvalue weighted by Gasteiger charge is -2.26. The van der Waals surface area contributed by atoms with Crippen molar-refractivity contribution in [1.82, 2.24) is 10.3 Å². The van der Waals surface area contributed by atoms with E-state index in [4.69, 9.17) is 5.11 Å². The predicted octanol–water partition coefficient (Wildman–Crippen LogP) is 1.70. The highest BCUT2D eigenvalue weighted by atomic mass is 16.4. The molecule has 1 fully saturated rings. The summed E-state index contributed by atoms with van der Waals surface area (Å²) in [6, 6.07) is 2.89. The second-order valence-corrected chi connectivity index (χ2v) is 5.15. The summed E-state index contributed by atoms with van der Waals surface area (Å²) >= 11 is 0. The first kappa shape index (κ1) is 12.5. The number of carbonyl (C=O) groups is 2. The summed E-state index contributed by atoms with van der Waals surface area (Å²) < 4.78 is 0. The van der Waals surface area contributed by atoms with E-state index in [1.165, 1.54) is 18.3 Å². The predicted molar refractivity (Wildman–Crippen MR) is 65.5 cm³/mol. The first-order valence-electron chi connectivity index (χ1n) is 5.92. The van der Waals surface area contributed by atoms with Crippen molar-refractivity contribution in [3.63, 3.8) is 0 Å². The molecule has 0 atom stereocenters. The molecule has 1 saturated carbocycles. The van der Waals surface area contributed by atoms with E-state index in [9.17, 15) is 9.59 Å². The number of aromatic carboxylic acids is 1. The summed E-state index contributed by atoms with van der Waals surface area (Å²) in [5.74, 6) is -1.10. The van der Waals surface area contributed by atoms with E-state index in [0.717, 1.165) is 12.8 Å². The molecule has 1 heterocycles. The molecule has 5 nitrogen and oxygen atoms in total. The number of carboxylic acids is 1. The highest BCUT2D eigenvalue weighted by molar-refractivity contribution is 6.03. The smallest absolute Gasteiger partial charge is 0.338 e. The number of pyridine rings is 1. The Morgan fingerprint density at radius 2 is 2.11 bits per heavy atom. The molecule has 5 heteroatoms. The van der Waals surface area contributed by atoms with E-state index < -0.39 is 11.9 Å². The van der Waals surface area contributed by atoms with Crippen molar-refractivity contribution >= 4 is 11.9 Å². The molecule has 1 aliphatic rings. The van der Waals surface area contributed by atoms with E-state index in [-0.39, 0.29) is 16.8 Å². The Balaban J connectivity index is 2.21. The molecule has 1 aromatic rings. The van der Waals surface area contributed by atoms with Crippen molar-refractivity contribution in [2.24, 2.45) is 5.92 Å². The molecule has 0 aliphatic heterocycles. The monoisotopic (exact) mass is 248 g/mol. The Morgan fingerprint density at radius 3 is 2.67 bits per heavy atom. The van der Waals surface area contributed by atoms with Gasteiger partial charge in [-0.2, -0.15) is 0 Å². The van der Waals surface area contributed by atoms with Crippen LogP contribution in [0.1, 0.15) is 47.5 Å². The maximum Gasteiger partial charge on any atom is 0.338 e. The normalized spacial score (nSPS) is 15.2. The van der Waals surface area contributed by atoms with Crippen LogP contribution in [0.3, 0.4) is 0 Å². The highest BCUT2D eigenvalue weighted by Crippen LogP contribution is 2.39. The molecule has 0 unspecified atom stereocenters. The maximum atomic E-state index is 12.1. The standard InChI is InChI=1S/C13H16N2O3/c1-13(2,8-5-6-8)15-11(16)10-9(12(17)18)4-3-7-14-10/h3-4,7-8H,5-6H2,1-2H3,(H,15,16)(H,17,18). The SMILES string of the molecule is CC(C)(NC(=O)c1ncccc1C(=O)O)C1CC1. The van der Waals surface area contributed by atoms with Crippen molar-refractivity contribution < 1.29 is 14.7 Å². The van der Waals surface area contributed by atoms with Gasteiger partial charge in [0.25, 0.3) is 5.91 Å². The molecule has 2 N–H and O–H groups in total. The van der Waals surface area contributed by atoms with Crippen molar-refractivity contribution in [2.75, 3.05) is 0 Å². The van der Waals surface area contributed by atoms with Gasteiger partial charge in [-0.1, -0.05) is 0 Å². The van der Waals surface area contributed by atoms with Crippen LogP contribution in [0.15, 0.2) is 18.3 Å². The van der Waals surface area contributed by atoms with Crippen LogP contribution in [-0.4, -0.2) is 27.5 Å². The summed E-state index contributed by atoms with van der Waals surface area (Å²) in [7, 11) is 0. The maximum absolute atomic E-state index is 12.1. The molecule has 18 heavy (non-hydrogen) atoms. The average Bonchev–Trinajstić information content (AvgIpc) is 3.12. The molecular formula is C13H16N2O3. The van der Waals surface area contributed by atoms with Crippen LogP contribution in [0.5, 0.6) is 0 Å². The van der Waals surface area contributed by atoms with Gasteiger partial charge in [0.15, 0.2) is 0 Å². The van der Waals surface area contributed by atoms with Gasteiger partial charge in [0.05, 0.1) is 5.56 Å². The van der Waals surface area contributed by atoms with Crippen LogP contribution < -0.4 is 5.32 Å². The number of nitrogens with zero attached hydrogens (tertiary/aromatic N) is 1. The Hall–Kier alpha value is -1.91. The van der Waals surface area contributed by atoms with Crippen LogP contribution in [0.2, 0.25) is 0 Å². The average molecular weight is 248 g/mol. The number of carbonyl (C=O) groups excluding carboxylic acids is 1. The van der Waals surface area contributed by atoms with Crippen LogP contribution in [-0.2, 0) is 0 Å². The number of carboxylic acid groups (broad SMARTS) is 1. The van der Waals surface area contributed by atoms with Crippen molar-refractivity contribution in [3.05, 3.63) is 29.6 Å². The Bertz CT molecular complexity index is 493. The summed E-state index contributed by atoms with van der Waals surface area (Å²) in [5, 5.41) is 11.9. The molecule has 0 saturated heterocycles. The number of rotatable bonds is 4. The first-order chi connectivity index (χ1) is 8.42. The van der Waals surface area contributed by atoms with Crippen LogP contribution in [0.4, 0.5) is 0 Å². The summed E-state index contributed by atoms with van der Waals surface area (Å²) in [5.41, 5.74) is -0.412. The minimum atomic E-state index is -1.14. The molecule has 2 rings (SSSR count). The second-order valence-electron chi connectivity index (χ2n) is 5.15. The highest BCUT2D eigenvalue weighted by Gasteiger charge is 2.39. The van der Waals surface area contributed by atoms with Gasteiger partial charge in [0, 0.05) is 11.7 Å². The van der Waals surface area contributed by atoms with Crippen molar-refractivity contribution in [1.29, 1.82) is 0 Å². The third-order valence-electron chi connectivity index (χ3n) is 3.29. The van der Waals surface area contributed by atoms with Crippen molar-refractivity contribution in [2.45, 2.75) is 32.2 Å². The lowest BCUT2D eigenvalue weighted by atomic mass is 9.98. The molecular weight excluding hydrogens is 232 g/mol. The quantitative estimate of drug-likeness (QED) is 0.850. The number of amides is 1. The van der Waals surface area contributed by atoms with E-state index in [2.05, 4.69) is 10.3 Å². The number of aromatic nitrogens is 1. The molecule has 0 aromatic carbocycles. The Morgan fingerprint density at radius 1 is 1.44 bits per heavy atom. The summed E-state index contributed by atoms with van der Waals surface area (Å²) in [4.78, 5) is 27.0. The van der Waals surface area contributed by atoms with E-state index in [1.807, 2.05) is 13.8 Å². The molecule has 0 radical (unpaired) electrons. The Kier molecular flexibility index (Phi) is 3.07. The van der Waals surface area contributed by atoms with Gasteiger partial charge in [0.1, 0.15) is 5.69 Å². The minimum absolute atomic E-state index is 0.0290. The number of hydrogen-bond donors (Lipinski definition) is 2. The van der Waals surface area contributed by atoms with Gasteiger partial charge < -0.3 is 10.4 Å². The van der Waals surface area contributed by atoms with Gasteiger partial charge in [-0.05, 0) is 44.7 Å². The summed E-state index contributed by atoms with van der Waals surface area (Å²) in [6.45, 7) is 3.90. The van der Waals surface area contributed by atoms with Crippen LogP contribution in [0, 0.1) is 5.92 Å². The molecule has 0 spiro atoms. The fraction of sp³-hybridized carbons (Fsp3) is 0.462. The van der Waals surface area contributed by atoms with Gasteiger partial charge in [-0.25, -0.2) is 4.79 Å². The molecule has 1 aromatic heterocycles. The summed E-state index contributed by atoms with van der Waals surface area (Å²) in [6.07, 6.45) is 3.62. The molecule has 1 amide bonds. The lowest BCUT2D eigenvalue weighted by molar-refractivity contribution is 0.0688. The molecule has 96 valence electrons. The zero-order valence-corrected chi connectivity index (χ0v) is 10.4. The number of hydrogen-bond acceptors (Lipinski definition) is 3. The molecule has 1 aliphatic carbocycles. The minimum Gasteiger partial charge on any atom is -0.478 e. The van der Waals surface area contributed by atoms with Gasteiger partial charge in [-0.3, -0.25) is 9.78 Å². The van der Waals surface area contributed by atoms with Gasteiger partial charge in [0.2, 0.25) is 0 Å². The third-order valence-corrected chi connectivity index (χ3v) is 3.29. The largest absolute Gasteiger partial charge is 0.478 e. The van der Waals surface area contributed by atoms with Gasteiger partial charge >= 0.3 is 5.97 Å². The fourth-order valence-electron chi connectivity index (χ4n) is 2.02. The molecule has 0 bridgehead atoms. The number of nitrogens with one attached hydrogen (secondary N) is 1. The zero-order chi connectivity index (χ0) is 13.3. The zero-order valence-electron chi connectivity index (χ0n) is 10.4. The van der Waals surface area contributed by atoms with Crippen LogP contribution >= 0.6 is 0 Å². The fourth-order valence-corrected chi connectivity index (χ4v) is 2.02. The third kappa shape index (κ3) is 2.50. The lowest BCUT2D eigenvalue weighted by Crippen LogP contribution is -2.45. The van der Waals surface area contributed by atoms with Crippen LogP contribution in [0.25, 0.3) is 0 Å². The van der Waals surface area contributed by atoms with Gasteiger partial charge in [-0.15, -0.1) is 0 Å². The van der Waals surface area contributed by atoms with Crippen molar-refractivity contribution in [3.8, 4) is 0 Å². The first-order valence-corrected chi connectivity index (χ1v) is 5.92. The Labute approximate surface area is 105 Å². The topological polar surface area (TPSA) is 79.3 Å². The van der Waals surface area contributed by atoms with E-state index >= 15 is 0 Å². The van der Waals surface area contributed by atoms with E-state index in [0.29, 0.717) is 5.92 Å².